The van der Waals surface area contributed by atoms with Gasteiger partial charge in [0.25, 0.3) is 0 Å². The molecule has 4 aromatic carbocycles. The quantitative estimate of drug-likeness (QED) is 0.193. The molecule has 0 atom stereocenters. The van der Waals surface area contributed by atoms with Crippen molar-refractivity contribution in [3.05, 3.63) is 113 Å². The number of Topliss-reactive ketones (excluding diaryl/α,β-unsaturated/α-hetero) is 2. The smallest absolute Gasteiger partial charge is 0.197 e. The third-order valence-electron chi connectivity index (χ3n) is 6.97. The summed E-state index contributed by atoms with van der Waals surface area (Å²) in [6.45, 7) is 0. The number of ketones is 2. The van der Waals surface area contributed by atoms with E-state index in [1.807, 2.05) is 36.4 Å². The van der Waals surface area contributed by atoms with Crippen LogP contribution in [0.4, 0.5) is 0 Å². The molecule has 0 saturated heterocycles. The molecule has 0 spiro atoms. The van der Waals surface area contributed by atoms with Crippen LogP contribution in [-0.4, -0.2) is 16.1 Å². The number of rotatable bonds is 2. The van der Waals surface area contributed by atoms with Gasteiger partial charge in [0.05, 0.1) is 21.5 Å². The van der Waals surface area contributed by atoms with Gasteiger partial charge in [-0.2, -0.15) is 0 Å². The molecular formula is C31H19NO2S. The van der Waals surface area contributed by atoms with Gasteiger partial charge >= 0.3 is 0 Å². The number of nitrogens with zero attached hydrogens (tertiary/aromatic N) is 1. The minimum Gasteiger partial charge on any atom is -0.343 e. The lowest BCUT2D eigenvalue weighted by Gasteiger charge is -2.08. The van der Waals surface area contributed by atoms with E-state index in [2.05, 4.69) is 66.2 Å². The van der Waals surface area contributed by atoms with Crippen molar-refractivity contribution in [2.45, 2.75) is 0 Å². The van der Waals surface area contributed by atoms with Gasteiger partial charge in [-0.05, 0) is 51.9 Å². The minimum atomic E-state index is -0.190. The molecule has 35 heavy (non-hydrogen) atoms. The Morgan fingerprint density at radius 2 is 1.31 bits per heavy atom. The van der Waals surface area contributed by atoms with Gasteiger partial charge in [-0.25, -0.2) is 0 Å². The first-order valence-corrected chi connectivity index (χ1v) is 12.3. The van der Waals surface area contributed by atoms with E-state index in [0.717, 1.165) is 31.6 Å². The standard InChI is InChI=1S/C31H19NO2S/c1-32-27(23-12-6-10-18-7-4-5-11-22(18)23)17-29-28(32)16-21(35-29)15-26-30(33)24-13-19-8-2-3-9-20(19)14-25(24)31(26)34/h2-17H,1H3. The number of aryl methyl sites for hydroxylation is 1. The lowest BCUT2D eigenvalue weighted by Crippen LogP contribution is -1.99. The van der Waals surface area contributed by atoms with Crippen molar-refractivity contribution in [3.63, 3.8) is 0 Å². The third kappa shape index (κ3) is 2.97. The largest absolute Gasteiger partial charge is 0.343 e. The Labute approximate surface area is 205 Å². The average molecular weight is 470 g/mol. The predicted molar refractivity (Wildman–Crippen MR) is 144 cm³/mol. The molecule has 1 aliphatic rings. The van der Waals surface area contributed by atoms with E-state index >= 15 is 0 Å². The minimum absolute atomic E-state index is 0.190. The second-order valence-electron chi connectivity index (χ2n) is 8.97. The fraction of sp³-hybridized carbons (Fsp3) is 0.0323. The molecule has 0 radical (unpaired) electrons. The second-order valence-corrected chi connectivity index (χ2v) is 10.1. The van der Waals surface area contributed by atoms with Crippen LogP contribution in [0.3, 0.4) is 0 Å². The average Bonchev–Trinajstić information content (AvgIpc) is 3.50. The topological polar surface area (TPSA) is 39.1 Å². The fourth-order valence-corrected chi connectivity index (χ4v) is 6.26. The monoisotopic (exact) mass is 469 g/mol. The Bertz CT molecular complexity index is 1840. The van der Waals surface area contributed by atoms with E-state index in [0.29, 0.717) is 11.1 Å². The predicted octanol–water partition coefficient (Wildman–Crippen LogP) is 7.68. The van der Waals surface area contributed by atoms with Gasteiger partial charge in [-0.1, -0.05) is 66.7 Å². The molecule has 0 fully saturated rings. The zero-order chi connectivity index (χ0) is 23.7. The first kappa shape index (κ1) is 20.1. The molecule has 7 rings (SSSR count). The molecule has 0 bridgehead atoms. The van der Waals surface area contributed by atoms with E-state index in [9.17, 15) is 9.59 Å². The Balaban J connectivity index is 1.31. The summed E-state index contributed by atoms with van der Waals surface area (Å²) in [4.78, 5) is 27.2. The Morgan fingerprint density at radius 1 is 0.686 bits per heavy atom. The summed E-state index contributed by atoms with van der Waals surface area (Å²) in [5, 5.41) is 4.37. The molecule has 0 amide bonds. The molecule has 6 aromatic rings. The number of fused-ring (bicyclic) bond motifs is 4. The number of carbonyl (C=O) groups is 2. The molecule has 1 aliphatic carbocycles. The van der Waals surface area contributed by atoms with E-state index < -0.39 is 0 Å². The summed E-state index contributed by atoms with van der Waals surface area (Å²) < 4.78 is 3.32. The first-order valence-electron chi connectivity index (χ1n) is 11.5. The van der Waals surface area contributed by atoms with Gasteiger partial charge in [-0.3, -0.25) is 9.59 Å². The normalized spacial score (nSPS) is 13.3. The van der Waals surface area contributed by atoms with Crippen LogP contribution in [0.5, 0.6) is 0 Å². The summed E-state index contributed by atoms with van der Waals surface area (Å²) in [7, 11) is 2.07. The maximum atomic E-state index is 13.1. The van der Waals surface area contributed by atoms with Gasteiger partial charge in [0, 0.05) is 28.6 Å². The Hall–Kier alpha value is -4.28. The molecule has 2 heterocycles. The van der Waals surface area contributed by atoms with Crippen molar-refractivity contribution in [1.29, 1.82) is 0 Å². The number of thiophene rings is 1. The highest BCUT2D eigenvalue weighted by Gasteiger charge is 2.33. The zero-order valence-electron chi connectivity index (χ0n) is 18.9. The zero-order valence-corrected chi connectivity index (χ0v) is 19.7. The summed E-state index contributed by atoms with van der Waals surface area (Å²) in [5.41, 5.74) is 4.67. The van der Waals surface area contributed by atoms with E-state index in [4.69, 9.17) is 0 Å². The molecule has 0 aliphatic heterocycles. The van der Waals surface area contributed by atoms with Crippen LogP contribution >= 0.6 is 11.3 Å². The van der Waals surface area contributed by atoms with Crippen molar-refractivity contribution in [2.24, 2.45) is 7.05 Å². The van der Waals surface area contributed by atoms with E-state index in [1.165, 1.54) is 16.3 Å². The van der Waals surface area contributed by atoms with Crippen molar-refractivity contribution in [3.8, 4) is 11.3 Å². The lowest BCUT2D eigenvalue weighted by atomic mass is 10.0. The van der Waals surface area contributed by atoms with Crippen LogP contribution in [0.25, 0.3) is 49.1 Å². The molecule has 166 valence electrons. The number of allylic oxidation sites excluding steroid dienone is 1. The van der Waals surface area contributed by atoms with Crippen molar-refractivity contribution in [2.75, 3.05) is 0 Å². The van der Waals surface area contributed by atoms with Crippen molar-refractivity contribution in [1.82, 2.24) is 4.57 Å². The van der Waals surface area contributed by atoms with Gasteiger partial charge < -0.3 is 4.57 Å². The van der Waals surface area contributed by atoms with Crippen molar-refractivity contribution < 1.29 is 9.59 Å². The summed E-state index contributed by atoms with van der Waals surface area (Å²) in [6, 6.07) is 30.5. The highest BCUT2D eigenvalue weighted by atomic mass is 32.1. The highest BCUT2D eigenvalue weighted by Crippen LogP contribution is 2.38. The molecule has 0 saturated carbocycles. The molecular weight excluding hydrogens is 450 g/mol. The van der Waals surface area contributed by atoms with Crippen molar-refractivity contribution >= 4 is 60.7 Å². The van der Waals surface area contributed by atoms with Gasteiger partial charge in [-0.15, -0.1) is 11.3 Å². The van der Waals surface area contributed by atoms with Crippen LogP contribution < -0.4 is 0 Å². The van der Waals surface area contributed by atoms with Crippen LogP contribution in [0, 0.1) is 0 Å². The van der Waals surface area contributed by atoms with Gasteiger partial charge in [0.1, 0.15) is 0 Å². The molecule has 4 heteroatoms. The maximum Gasteiger partial charge on any atom is 0.197 e. The summed E-state index contributed by atoms with van der Waals surface area (Å²) in [6.07, 6.45) is 1.76. The molecule has 3 nitrogen and oxygen atoms in total. The first-order chi connectivity index (χ1) is 17.1. The van der Waals surface area contributed by atoms with Gasteiger partial charge in [0.15, 0.2) is 11.6 Å². The van der Waals surface area contributed by atoms with E-state index in [1.54, 1.807) is 17.4 Å². The molecule has 0 unspecified atom stereocenters. The number of carbonyl (C=O) groups excluding carboxylic acids is 2. The van der Waals surface area contributed by atoms with Crippen LogP contribution in [0.2, 0.25) is 0 Å². The SMILES string of the molecule is Cn1c(-c2cccc3ccccc23)cc2sc(C=C3C(=O)c4cc5ccccc5cc4C3=O)cc21. The summed E-state index contributed by atoms with van der Waals surface area (Å²) >= 11 is 1.60. The van der Waals surface area contributed by atoms with Gasteiger partial charge in [0.2, 0.25) is 0 Å². The Kier molecular flexibility index (Phi) is 4.23. The number of hydrogen-bond donors (Lipinski definition) is 0. The maximum absolute atomic E-state index is 13.1. The fourth-order valence-electron chi connectivity index (χ4n) is 5.19. The molecule has 0 N–H and O–H groups in total. The highest BCUT2D eigenvalue weighted by molar-refractivity contribution is 7.19. The number of aromatic nitrogens is 1. The lowest BCUT2D eigenvalue weighted by molar-refractivity contribution is 0.0990. The van der Waals surface area contributed by atoms with Crippen LogP contribution in [0.15, 0.2) is 96.6 Å². The summed E-state index contributed by atoms with van der Waals surface area (Å²) in [5.74, 6) is -0.380. The van der Waals surface area contributed by atoms with Crippen LogP contribution in [-0.2, 0) is 7.05 Å². The number of hydrogen-bond acceptors (Lipinski definition) is 3. The molecule has 2 aromatic heterocycles. The van der Waals surface area contributed by atoms with E-state index in [-0.39, 0.29) is 17.1 Å². The second kappa shape index (κ2) is 7.36. The van der Waals surface area contributed by atoms with Crippen LogP contribution in [0.1, 0.15) is 25.6 Å². The number of benzene rings is 4. The third-order valence-corrected chi connectivity index (χ3v) is 7.98. The Morgan fingerprint density at radius 3 is 2.00 bits per heavy atom.